The number of hydrogen-bond donors (Lipinski definition) is 4. The molecule has 3 rings (SSSR count). The van der Waals surface area contributed by atoms with Crippen molar-refractivity contribution in [2.24, 2.45) is 12.8 Å². The molecule has 1 aromatic rings. The number of carbonyl (C=O) groups is 4. The fourth-order valence-corrected chi connectivity index (χ4v) is 6.34. The van der Waals surface area contributed by atoms with Crippen LogP contribution in [0, 0.1) is 0 Å². The van der Waals surface area contributed by atoms with Crippen molar-refractivity contribution in [3.8, 4) is 0 Å². The van der Waals surface area contributed by atoms with E-state index in [4.69, 9.17) is 15.6 Å². The van der Waals surface area contributed by atoms with Gasteiger partial charge in [0.1, 0.15) is 17.1 Å². The van der Waals surface area contributed by atoms with Gasteiger partial charge in [0.2, 0.25) is 11.1 Å². The number of carbonyl (C=O) groups excluding carboxylic acids is 2. The van der Waals surface area contributed by atoms with E-state index in [1.54, 1.807) is 7.05 Å². The second kappa shape index (κ2) is 12.1. The molecule has 1 saturated heterocycles. The number of amides is 2. The Morgan fingerprint density at radius 1 is 1.41 bits per heavy atom. The molecule has 14 nitrogen and oxygen atoms in total. The number of nitrogens with zero attached hydrogens (tertiary/aromatic N) is 5. The fourth-order valence-electron chi connectivity index (χ4n) is 3.14. The molecule has 3 atom stereocenters. The Balaban J connectivity index is 0.00000408. The minimum Gasteiger partial charge on any atom is -0.480 e. The molecule has 5 N–H and O–H groups in total. The van der Waals surface area contributed by atoms with Gasteiger partial charge in [-0.25, -0.2) is 9.48 Å². The minimum absolute atomic E-state index is 0. The van der Waals surface area contributed by atoms with Crippen molar-refractivity contribution in [3.63, 3.8) is 0 Å². The minimum atomic E-state index is -1.72. The number of thioether (sulfide) groups is 3. The number of aromatic nitrogens is 4. The van der Waals surface area contributed by atoms with E-state index < -0.39 is 40.9 Å². The van der Waals surface area contributed by atoms with E-state index >= 15 is 0 Å². The molecule has 0 bridgehead atoms. The first-order valence-corrected chi connectivity index (χ1v) is 12.5. The van der Waals surface area contributed by atoms with Gasteiger partial charge in [0.25, 0.3) is 11.6 Å². The maximum atomic E-state index is 13.0. The second-order valence-corrected chi connectivity index (χ2v) is 9.96. The summed E-state index contributed by atoms with van der Waals surface area (Å²) in [5, 5.41) is 31.9. The number of carboxylic acid groups (broad SMARTS) is 2. The normalized spacial score (nSPS) is 22.4. The summed E-state index contributed by atoms with van der Waals surface area (Å²) in [6.07, 6.45) is 0. The first-order valence-electron chi connectivity index (χ1n) is 9.30. The summed E-state index contributed by atoms with van der Waals surface area (Å²) in [6.45, 7) is 0. The smallest absolute Gasteiger partial charge is 0.352 e. The topological polar surface area (TPSA) is 203 Å². The molecule has 0 aromatic carbocycles. The van der Waals surface area contributed by atoms with Crippen molar-refractivity contribution in [2.75, 3.05) is 30.1 Å². The maximum Gasteiger partial charge on any atom is 0.352 e. The van der Waals surface area contributed by atoms with E-state index in [1.165, 1.54) is 35.3 Å². The van der Waals surface area contributed by atoms with E-state index in [9.17, 15) is 24.3 Å². The first-order chi connectivity index (χ1) is 15.6. The van der Waals surface area contributed by atoms with Crippen molar-refractivity contribution < 1.29 is 34.1 Å². The van der Waals surface area contributed by atoms with E-state index in [1.807, 2.05) is 0 Å². The summed E-state index contributed by atoms with van der Waals surface area (Å²) in [7, 11) is 2.91. The zero-order chi connectivity index (χ0) is 24.3. The van der Waals surface area contributed by atoms with Crippen LogP contribution in [0.2, 0.25) is 0 Å². The van der Waals surface area contributed by atoms with E-state index in [0.717, 1.165) is 16.7 Å². The van der Waals surface area contributed by atoms with Gasteiger partial charge in [-0.3, -0.25) is 19.3 Å². The molecule has 3 unspecified atom stereocenters. The van der Waals surface area contributed by atoms with Gasteiger partial charge in [0.15, 0.2) is 0 Å². The predicted octanol–water partition coefficient (Wildman–Crippen LogP) is -2.22. The third-order valence-electron chi connectivity index (χ3n) is 4.76. The van der Waals surface area contributed by atoms with Crippen LogP contribution in [0.1, 0.15) is 0 Å². The molecule has 1 aromatic heterocycles. The summed E-state index contributed by atoms with van der Waals surface area (Å²) < 4.78 is 6.82. The average Bonchev–Trinajstić information content (AvgIpc) is 3.19. The van der Waals surface area contributed by atoms with Gasteiger partial charge >= 0.3 is 11.9 Å². The molecule has 2 amide bonds. The Bertz CT molecular complexity index is 1010. The fraction of sp³-hybridized carbons (Fsp3) is 0.562. The molecule has 0 spiro atoms. The Kier molecular flexibility index (Phi) is 10.3. The molecule has 2 aliphatic heterocycles. The summed E-state index contributed by atoms with van der Waals surface area (Å²) in [6, 6.07) is -1.12. The molecule has 3 heterocycles. The number of hydrogen-bond acceptors (Lipinski definition) is 12. The molecule has 1 fully saturated rings. The number of carboxylic acids is 2. The number of fused-ring (bicyclic) bond motifs is 1. The Labute approximate surface area is 228 Å². The number of β-lactam (4-membered cyclic amide) rings is 1. The number of nitrogens with one attached hydrogen (secondary N) is 1. The Morgan fingerprint density at radius 3 is 2.68 bits per heavy atom. The standard InChI is InChI=1S/C16H21N7O7S3.Na/c1-22-15(19-20-21-22)33-4-7-3-32-14-16(30-2,13(29)23(14)10(7)12(27)28)18-9(24)6-31-5-8(17)11(25)26;/h8,14H,3-6,17H2,1-2H3,(H,18,24)(H,25,26)(H,27,28);. The third-order valence-corrected chi connectivity index (χ3v) is 8.30. The van der Waals surface area contributed by atoms with Crippen molar-refractivity contribution >= 4 is 88.6 Å². The quantitative estimate of drug-likeness (QED) is 0.101. The van der Waals surface area contributed by atoms with Gasteiger partial charge < -0.3 is 26.0 Å². The molecular weight excluding hydrogens is 521 g/mol. The maximum absolute atomic E-state index is 13.0. The summed E-state index contributed by atoms with van der Waals surface area (Å²) >= 11 is 3.50. The van der Waals surface area contributed by atoms with Crippen LogP contribution in [0.15, 0.2) is 16.4 Å². The van der Waals surface area contributed by atoms with Crippen LogP contribution >= 0.6 is 35.3 Å². The number of ether oxygens (including phenoxy) is 1. The van der Waals surface area contributed by atoms with Crippen molar-refractivity contribution in [1.29, 1.82) is 0 Å². The van der Waals surface area contributed by atoms with Crippen LogP contribution in [0.4, 0.5) is 0 Å². The number of tetrazole rings is 1. The third kappa shape index (κ3) is 5.72. The molecule has 181 valence electrons. The van der Waals surface area contributed by atoms with Crippen molar-refractivity contribution in [3.05, 3.63) is 11.3 Å². The van der Waals surface area contributed by atoms with Gasteiger partial charge in [0.05, 0.1) is 5.75 Å². The Hall–Kier alpha value is -1.34. The van der Waals surface area contributed by atoms with Gasteiger partial charge in [0, 0.05) is 61.0 Å². The van der Waals surface area contributed by atoms with Gasteiger partial charge in [-0.2, -0.15) is 0 Å². The number of aliphatic carboxylic acids is 2. The largest absolute Gasteiger partial charge is 0.480 e. The summed E-state index contributed by atoms with van der Waals surface area (Å²) in [5.41, 5.74) is 4.05. The number of methoxy groups -OCH3 is 1. The SMILES string of the molecule is COC1(NC(=O)CSCC(N)C(=O)O)C(=O)N2C(C(=O)O)=C(CSc3nnnn3C)CSC21.[Na]. The van der Waals surface area contributed by atoms with Gasteiger partial charge in [-0.15, -0.1) is 28.6 Å². The van der Waals surface area contributed by atoms with Crippen LogP contribution in [0.3, 0.4) is 0 Å². The molecule has 0 aliphatic carbocycles. The second-order valence-electron chi connectivity index (χ2n) is 6.92. The van der Waals surface area contributed by atoms with Crippen LogP contribution in [-0.2, 0) is 31.0 Å². The monoisotopic (exact) mass is 542 g/mol. The zero-order valence-corrected chi connectivity index (χ0v) is 22.9. The number of aryl methyl sites for hydroxylation is 1. The molecule has 18 heteroatoms. The first kappa shape index (κ1) is 28.9. The van der Waals surface area contributed by atoms with Crippen LogP contribution in [0.5, 0.6) is 0 Å². The van der Waals surface area contributed by atoms with Crippen LogP contribution in [0.25, 0.3) is 0 Å². The van der Waals surface area contributed by atoms with Crippen molar-refractivity contribution in [1.82, 2.24) is 30.4 Å². The van der Waals surface area contributed by atoms with E-state index in [2.05, 4.69) is 20.8 Å². The zero-order valence-electron chi connectivity index (χ0n) is 18.5. The average molecular weight is 543 g/mol. The molecule has 34 heavy (non-hydrogen) atoms. The van der Waals surface area contributed by atoms with Gasteiger partial charge in [-0.05, 0) is 16.0 Å². The Morgan fingerprint density at radius 2 is 2.12 bits per heavy atom. The van der Waals surface area contributed by atoms with E-state index in [0.29, 0.717) is 10.7 Å². The van der Waals surface area contributed by atoms with Crippen LogP contribution in [-0.4, -0.2) is 136 Å². The molecular formula is C16H21N7NaO7S3. The summed E-state index contributed by atoms with van der Waals surface area (Å²) in [4.78, 5) is 49.3. The molecule has 2 aliphatic rings. The van der Waals surface area contributed by atoms with Crippen LogP contribution < -0.4 is 11.1 Å². The molecule has 0 saturated carbocycles. The number of nitrogens with two attached hydrogens (primary N) is 1. The van der Waals surface area contributed by atoms with Crippen molar-refractivity contribution in [2.45, 2.75) is 22.3 Å². The number of rotatable bonds is 11. The summed E-state index contributed by atoms with van der Waals surface area (Å²) in [5.74, 6) is -3.32. The predicted molar refractivity (Wildman–Crippen MR) is 124 cm³/mol. The van der Waals surface area contributed by atoms with E-state index in [-0.39, 0.29) is 58.3 Å². The van der Waals surface area contributed by atoms with Gasteiger partial charge in [-0.1, -0.05) is 11.8 Å². The molecule has 1 radical (unpaired) electrons.